The second kappa shape index (κ2) is 9.08. The lowest BCUT2D eigenvalue weighted by atomic mass is 9.86. The zero-order chi connectivity index (χ0) is 25.7. The Kier molecular flexibility index (Phi) is 5.84. The van der Waals surface area contributed by atoms with Crippen LogP contribution in [-0.2, 0) is 33.1 Å². The molecule has 3 aliphatic heterocycles. The van der Waals surface area contributed by atoms with E-state index < -0.39 is 11.6 Å². The Labute approximate surface area is 214 Å². The Balaban J connectivity index is 1.41. The van der Waals surface area contributed by atoms with E-state index >= 15 is 0 Å². The molecular weight excluding hydrogens is 472 g/mol. The molecule has 0 unspecified atom stereocenters. The standard InChI is InChI=1S/C28H30N4O5/c1-3-28(35)22-12-24-25-20(14-32(24)26(33)21(22)16-36-27(28)34)19(18-6-4-5-7-23(18)30-25)13-29-37-15-17-8-10-31(2)11-9-17/h4-7,12-13,17,35H,3,8-11,14-16H2,1-2H3/t28-/m0/s1. The number of carbonyl (C=O) groups is 1. The van der Waals surface area contributed by atoms with Gasteiger partial charge < -0.3 is 24.1 Å². The van der Waals surface area contributed by atoms with E-state index in [-0.39, 0.29) is 18.6 Å². The van der Waals surface area contributed by atoms with Gasteiger partial charge in [-0.25, -0.2) is 9.78 Å². The fraction of sp³-hybridized carbons (Fsp3) is 0.429. The van der Waals surface area contributed by atoms with Crippen LogP contribution in [-0.4, -0.2) is 58.5 Å². The molecule has 5 heterocycles. The summed E-state index contributed by atoms with van der Waals surface area (Å²) >= 11 is 0. The average molecular weight is 503 g/mol. The number of aliphatic hydroxyl groups is 1. The number of fused-ring (bicyclic) bond motifs is 5. The van der Waals surface area contributed by atoms with Gasteiger partial charge in [0.15, 0.2) is 5.60 Å². The van der Waals surface area contributed by atoms with Gasteiger partial charge in [-0.3, -0.25) is 4.79 Å². The normalized spacial score (nSPS) is 21.6. The Morgan fingerprint density at radius 2 is 2.03 bits per heavy atom. The molecule has 3 aromatic rings. The van der Waals surface area contributed by atoms with Gasteiger partial charge in [-0.2, -0.15) is 0 Å². The Morgan fingerprint density at radius 3 is 2.81 bits per heavy atom. The Morgan fingerprint density at radius 1 is 1.24 bits per heavy atom. The van der Waals surface area contributed by atoms with E-state index in [9.17, 15) is 14.7 Å². The van der Waals surface area contributed by atoms with E-state index in [2.05, 4.69) is 17.1 Å². The molecule has 1 saturated heterocycles. The molecule has 0 spiro atoms. The summed E-state index contributed by atoms with van der Waals surface area (Å²) in [6, 6.07) is 9.50. The molecule has 37 heavy (non-hydrogen) atoms. The second-order valence-electron chi connectivity index (χ2n) is 10.2. The first-order valence-corrected chi connectivity index (χ1v) is 12.8. The maximum absolute atomic E-state index is 13.5. The number of ether oxygens (including phenoxy) is 1. The van der Waals surface area contributed by atoms with E-state index in [1.165, 1.54) is 0 Å². The van der Waals surface area contributed by atoms with E-state index in [1.807, 2.05) is 24.3 Å². The number of rotatable bonds is 5. The van der Waals surface area contributed by atoms with Crippen molar-refractivity contribution in [1.29, 1.82) is 0 Å². The number of para-hydroxylation sites is 1. The highest BCUT2D eigenvalue weighted by Gasteiger charge is 2.45. The molecule has 1 N–H and O–H groups in total. The molecule has 9 nitrogen and oxygen atoms in total. The molecule has 192 valence electrons. The number of nitrogens with zero attached hydrogens (tertiary/aromatic N) is 4. The molecular formula is C28H30N4O5. The highest BCUT2D eigenvalue weighted by atomic mass is 16.6. The van der Waals surface area contributed by atoms with Gasteiger partial charge in [0.2, 0.25) is 0 Å². The van der Waals surface area contributed by atoms with Crippen LogP contribution in [0.15, 0.2) is 40.3 Å². The van der Waals surface area contributed by atoms with Crippen LogP contribution in [0.4, 0.5) is 0 Å². The zero-order valence-electron chi connectivity index (χ0n) is 21.1. The Bertz CT molecular complexity index is 1490. The van der Waals surface area contributed by atoms with Crippen LogP contribution >= 0.6 is 0 Å². The van der Waals surface area contributed by atoms with Crippen LogP contribution in [0.1, 0.15) is 48.4 Å². The van der Waals surface area contributed by atoms with E-state index in [0.717, 1.165) is 48.0 Å². The summed E-state index contributed by atoms with van der Waals surface area (Å²) in [4.78, 5) is 38.9. The molecule has 3 aliphatic rings. The smallest absolute Gasteiger partial charge is 0.343 e. The minimum Gasteiger partial charge on any atom is -0.458 e. The number of hydrogen-bond donors (Lipinski definition) is 1. The van der Waals surface area contributed by atoms with Crippen LogP contribution in [0.3, 0.4) is 0 Å². The summed E-state index contributed by atoms with van der Waals surface area (Å²) in [7, 11) is 2.14. The number of benzene rings is 1. The van der Waals surface area contributed by atoms with Gasteiger partial charge in [-0.15, -0.1) is 0 Å². The minimum absolute atomic E-state index is 0.103. The molecule has 2 aromatic heterocycles. The molecule has 0 aliphatic carbocycles. The van der Waals surface area contributed by atoms with Crippen molar-refractivity contribution in [2.24, 2.45) is 11.1 Å². The van der Waals surface area contributed by atoms with Crippen LogP contribution in [0, 0.1) is 5.92 Å². The molecule has 6 rings (SSSR count). The summed E-state index contributed by atoms with van der Waals surface area (Å²) in [6.45, 7) is 4.57. The van der Waals surface area contributed by atoms with Crippen LogP contribution in [0.2, 0.25) is 0 Å². The van der Waals surface area contributed by atoms with Gasteiger partial charge >= 0.3 is 5.97 Å². The fourth-order valence-electron chi connectivity index (χ4n) is 5.67. The van der Waals surface area contributed by atoms with Crippen molar-refractivity contribution in [1.82, 2.24) is 14.5 Å². The molecule has 1 fully saturated rings. The zero-order valence-corrected chi connectivity index (χ0v) is 21.1. The number of oxime groups is 1. The van der Waals surface area contributed by atoms with Crippen molar-refractivity contribution in [2.45, 2.75) is 44.9 Å². The number of carbonyl (C=O) groups excluding carboxylic acids is 1. The molecule has 0 saturated carbocycles. The monoisotopic (exact) mass is 502 g/mol. The summed E-state index contributed by atoms with van der Waals surface area (Å²) in [5.41, 5.74) is 2.18. The molecule has 9 heteroatoms. The number of piperidine rings is 1. The van der Waals surface area contributed by atoms with Crippen LogP contribution in [0.25, 0.3) is 22.3 Å². The lowest BCUT2D eigenvalue weighted by Gasteiger charge is -2.31. The highest BCUT2D eigenvalue weighted by Crippen LogP contribution is 2.39. The van der Waals surface area contributed by atoms with E-state index in [4.69, 9.17) is 14.6 Å². The van der Waals surface area contributed by atoms with Crippen molar-refractivity contribution >= 4 is 23.1 Å². The van der Waals surface area contributed by atoms with Gasteiger partial charge in [0.1, 0.15) is 13.2 Å². The maximum atomic E-state index is 13.5. The predicted octanol–water partition coefficient (Wildman–Crippen LogP) is 2.77. The number of likely N-dealkylation sites (tertiary alicyclic amines) is 1. The lowest BCUT2D eigenvalue weighted by Crippen LogP contribution is -2.44. The van der Waals surface area contributed by atoms with Gasteiger partial charge in [-0.1, -0.05) is 30.3 Å². The van der Waals surface area contributed by atoms with Gasteiger partial charge in [-0.05, 0) is 57.5 Å². The molecule has 0 radical (unpaired) electrons. The highest BCUT2D eigenvalue weighted by molar-refractivity contribution is 6.02. The van der Waals surface area contributed by atoms with Gasteiger partial charge in [0, 0.05) is 22.1 Å². The maximum Gasteiger partial charge on any atom is 0.343 e. The third-order valence-corrected chi connectivity index (χ3v) is 8.04. The third-order valence-electron chi connectivity index (χ3n) is 8.04. The summed E-state index contributed by atoms with van der Waals surface area (Å²) in [5, 5.41) is 16.4. The predicted molar refractivity (Wildman–Crippen MR) is 138 cm³/mol. The Hall–Kier alpha value is -3.56. The summed E-state index contributed by atoms with van der Waals surface area (Å²) < 4.78 is 6.82. The van der Waals surface area contributed by atoms with Crippen molar-refractivity contribution in [3.63, 3.8) is 0 Å². The van der Waals surface area contributed by atoms with Gasteiger partial charge in [0.25, 0.3) is 5.56 Å². The van der Waals surface area contributed by atoms with Crippen molar-refractivity contribution in [3.05, 3.63) is 62.9 Å². The quantitative estimate of drug-likeness (QED) is 0.254. The molecule has 0 bridgehead atoms. The summed E-state index contributed by atoms with van der Waals surface area (Å²) in [5.74, 6) is -0.240. The SMILES string of the molecule is CC[C@@]1(O)C(=O)OCc2c1cc1n(c2=O)Cc2c-1nc1ccccc1c2C=NOCC1CCN(C)CC1. The number of aromatic nitrogens is 2. The average Bonchev–Trinajstić information content (AvgIpc) is 3.28. The first-order valence-electron chi connectivity index (χ1n) is 12.8. The first kappa shape index (κ1) is 23.8. The first-order chi connectivity index (χ1) is 17.9. The van der Waals surface area contributed by atoms with Crippen molar-refractivity contribution in [2.75, 3.05) is 26.7 Å². The lowest BCUT2D eigenvalue weighted by molar-refractivity contribution is -0.172. The fourth-order valence-corrected chi connectivity index (χ4v) is 5.67. The number of hydrogen-bond acceptors (Lipinski definition) is 8. The third kappa shape index (κ3) is 3.84. The van der Waals surface area contributed by atoms with Crippen LogP contribution < -0.4 is 5.56 Å². The molecule has 1 aromatic carbocycles. The van der Waals surface area contributed by atoms with E-state index in [0.29, 0.717) is 41.6 Å². The van der Waals surface area contributed by atoms with Gasteiger partial charge in [0.05, 0.1) is 35.2 Å². The van der Waals surface area contributed by atoms with Crippen molar-refractivity contribution < 1.29 is 19.5 Å². The number of pyridine rings is 2. The summed E-state index contributed by atoms with van der Waals surface area (Å²) in [6.07, 6.45) is 4.02. The molecule has 1 atom stereocenters. The topological polar surface area (TPSA) is 106 Å². The molecule has 0 amide bonds. The second-order valence-corrected chi connectivity index (χ2v) is 10.2. The number of esters is 1. The van der Waals surface area contributed by atoms with Crippen LogP contribution in [0.5, 0.6) is 0 Å². The largest absolute Gasteiger partial charge is 0.458 e. The number of cyclic esters (lactones) is 1. The van der Waals surface area contributed by atoms with Crippen molar-refractivity contribution in [3.8, 4) is 11.4 Å². The van der Waals surface area contributed by atoms with E-state index in [1.54, 1.807) is 23.8 Å². The minimum atomic E-state index is -1.85.